The van der Waals surface area contributed by atoms with Crippen molar-refractivity contribution in [3.05, 3.63) is 59.4 Å². The van der Waals surface area contributed by atoms with Gasteiger partial charge in [0.15, 0.2) is 0 Å². The van der Waals surface area contributed by atoms with Crippen molar-refractivity contribution in [1.82, 2.24) is 10.6 Å². The molecule has 0 aromatic heterocycles. The lowest BCUT2D eigenvalue weighted by molar-refractivity contribution is 0.0930. The highest BCUT2D eigenvalue weighted by Crippen LogP contribution is 2.19. The van der Waals surface area contributed by atoms with Crippen molar-refractivity contribution in [2.75, 3.05) is 17.8 Å². The van der Waals surface area contributed by atoms with E-state index in [1.54, 1.807) is 25.1 Å². The molecule has 28 heavy (non-hydrogen) atoms. The maximum atomic E-state index is 13.7. The minimum absolute atomic E-state index is 0. The Labute approximate surface area is 170 Å². The van der Waals surface area contributed by atoms with Gasteiger partial charge in [0.1, 0.15) is 5.82 Å². The van der Waals surface area contributed by atoms with E-state index in [1.807, 2.05) is 0 Å². The summed E-state index contributed by atoms with van der Waals surface area (Å²) < 4.78 is 41.0. The normalized spacial score (nSPS) is 16.7. The van der Waals surface area contributed by atoms with Gasteiger partial charge in [0.05, 0.1) is 4.90 Å². The summed E-state index contributed by atoms with van der Waals surface area (Å²) in [7, 11) is -3.95. The minimum Gasteiger partial charge on any atom is -0.348 e. The van der Waals surface area contributed by atoms with Gasteiger partial charge in [-0.05, 0) is 62.2 Å². The molecule has 2 aromatic carbocycles. The van der Waals surface area contributed by atoms with E-state index in [-0.39, 0.29) is 34.9 Å². The monoisotopic (exact) mass is 427 g/mol. The predicted molar refractivity (Wildman–Crippen MR) is 109 cm³/mol. The second kappa shape index (κ2) is 9.36. The molecule has 0 unspecified atom stereocenters. The van der Waals surface area contributed by atoms with Gasteiger partial charge in [-0.2, -0.15) is 0 Å². The molecule has 6 nitrogen and oxygen atoms in total. The van der Waals surface area contributed by atoms with Crippen molar-refractivity contribution >= 4 is 34.0 Å². The third-order valence-corrected chi connectivity index (χ3v) is 5.84. The van der Waals surface area contributed by atoms with Gasteiger partial charge in [0.25, 0.3) is 15.9 Å². The molecule has 0 aliphatic carbocycles. The molecule has 1 amide bonds. The van der Waals surface area contributed by atoms with Crippen molar-refractivity contribution < 1.29 is 17.6 Å². The van der Waals surface area contributed by atoms with Crippen LogP contribution in [-0.4, -0.2) is 33.5 Å². The number of hydrogen-bond donors (Lipinski definition) is 3. The Kier molecular flexibility index (Phi) is 7.40. The van der Waals surface area contributed by atoms with Crippen molar-refractivity contribution in [2.45, 2.75) is 30.7 Å². The number of sulfonamides is 1. The van der Waals surface area contributed by atoms with Crippen molar-refractivity contribution in [2.24, 2.45) is 0 Å². The number of amides is 1. The molecular formula is C19H23ClFN3O3S. The second-order valence-corrected chi connectivity index (χ2v) is 8.30. The van der Waals surface area contributed by atoms with Gasteiger partial charge in [-0.3, -0.25) is 9.52 Å². The van der Waals surface area contributed by atoms with Crippen LogP contribution in [0, 0.1) is 12.7 Å². The third kappa shape index (κ3) is 5.43. The number of carbonyl (C=O) groups excluding carboxylic acids is 1. The first-order valence-corrected chi connectivity index (χ1v) is 10.2. The molecule has 1 saturated heterocycles. The van der Waals surface area contributed by atoms with Crippen molar-refractivity contribution in [3.8, 4) is 0 Å². The van der Waals surface area contributed by atoms with Gasteiger partial charge >= 0.3 is 0 Å². The molecule has 152 valence electrons. The summed E-state index contributed by atoms with van der Waals surface area (Å²) in [4.78, 5) is 12.2. The van der Waals surface area contributed by atoms with Crippen LogP contribution in [0.1, 0.15) is 28.8 Å². The molecule has 0 saturated carbocycles. The Morgan fingerprint density at radius 3 is 2.68 bits per heavy atom. The van der Waals surface area contributed by atoms with E-state index in [4.69, 9.17) is 0 Å². The van der Waals surface area contributed by atoms with Crippen LogP contribution in [0.4, 0.5) is 10.1 Å². The number of nitrogens with one attached hydrogen (secondary N) is 3. The quantitative estimate of drug-likeness (QED) is 0.684. The number of piperidine rings is 1. The van der Waals surface area contributed by atoms with Crippen LogP contribution in [0.25, 0.3) is 0 Å². The van der Waals surface area contributed by atoms with Gasteiger partial charge in [-0.25, -0.2) is 12.8 Å². The first-order chi connectivity index (χ1) is 12.8. The van der Waals surface area contributed by atoms with E-state index in [0.717, 1.165) is 32.0 Å². The average molecular weight is 428 g/mol. The summed E-state index contributed by atoms with van der Waals surface area (Å²) in [5.41, 5.74) is 0.964. The second-order valence-electron chi connectivity index (χ2n) is 6.61. The van der Waals surface area contributed by atoms with Crippen molar-refractivity contribution in [1.29, 1.82) is 0 Å². The Morgan fingerprint density at radius 2 is 2.00 bits per heavy atom. The minimum atomic E-state index is -3.95. The molecule has 0 spiro atoms. The summed E-state index contributed by atoms with van der Waals surface area (Å²) in [6.07, 6.45) is 1.90. The third-order valence-electron chi connectivity index (χ3n) is 4.46. The molecule has 1 aliphatic heterocycles. The highest BCUT2D eigenvalue weighted by Gasteiger charge is 2.19. The first-order valence-electron chi connectivity index (χ1n) is 8.76. The molecule has 1 heterocycles. The van der Waals surface area contributed by atoms with Crippen LogP contribution in [0.5, 0.6) is 0 Å². The number of halogens is 2. The molecule has 0 bridgehead atoms. The topological polar surface area (TPSA) is 87.3 Å². The zero-order valence-electron chi connectivity index (χ0n) is 15.4. The Hall–Kier alpha value is -2.16. The van der Waals surface area contributed by atoms with Gasteiger partial charge in [0.2, 0.25) is 0 Å². The van der Waals surface area contributed by atoms with Gasteiger partial charge < -0.3 is 10.6 Å². The zero-order chi connectivity index (χ0) is 19.4. The fraction of sp³-hybridized carbons (Fsp3) is 0.316. The Bertz CT molecular complexity index is 947. The number of carbonyl (C=O) groups is 1. The fourth-order valence-corrected chi connectivity index (χ4v) is 3.98. The predicted octanol–water partition coefficient (Wildman–Crippen LogP) is 2.84. The molecule has 1 atom stereocenters. The molecular weight excluding hydrogens is 405 g/mol. The first kappa shape index (κ1) is 22.1. The van der Waals surface area contributed by atoms with Crippen molar-refractivity contribution in [3.63, 3.8) is 0 Å². The van der Waals surface area contributed by atoms with Crippen LogP contribution >= 0.6 is 12.4 Å². The smallest absolute Gasteiger partial charge is 0.261 e. The maximum absolute atomic E-state index is 13.7. The highest BCUT2D eigenvalue weighted by atomic mass is 35.5. The summed E-state index contributed by atoms with van der Waals surface area (Å²) in [6, 6.07) is 10.0. The van der Waals surface area contributed by atoms with Crippen LogP contribution in [0.15, 0.2) is 47.4 Å². The molecule has 1 fully saturated rings. The summed E-state index contributed by atoms with van der Waals surface area (Å²) in [5.74, 6) is -0.849. The number of aryl methyl sites for hydroxylation is 1. The number of benzene rings is 2. The summed E-state index contributed by atoms with van der Waals surface area (Å²) in [6.45, 7) is 3.23. The number of hydrogen-bond acceptors (Lipinski definition) is 4. The largest absolute Gasteiger partial charge is 0.348 e. The van der Waals surface area contributed by atoms with E-state index < -0.39 is 15.8 Å². The molecule has 2 aromatic rings. The number of rotatable bonds is 5. The van der Waals surface area contributed by atoms with Gasteiger partial charge in [-0.1, -0.05) is 12.1 Å². The van der Waals surface area contributed by atoms with Gasteiger partial charge in [-0.15, -0.1) is 12.4 Å². The van der Waals surface area contributed by atoms with E-state index >= 15 is 0 Å². The van der Waals surface area contributed by atoms with Crippen LogP contribution in [0.3, 0.4) is 0 Å². The maximum Gasteiger partial charge on any atom is 0.261 e. The van der Waals surface area contributed by atoms with E-state index in [0.29, 0.717) is 11.1 Å². The average Bonchev–Trinajstić information content (AvgIpc) is 2.64. The molecule has 3 N–H and O–H groups in total. The summed E-state index contributed by atoms with van der Waals surface area (Å²) in [5, 5.41) is 6.17. The zero-order valence-corrected chi connectivity index (χ0v) is 17.0. The van der Waals surface area contributed by atoms with Gasteiger partial charge in [0, 0.05) is 23.8 Å². The van der Waals surface area contributed by atoms with Crippen LogP contribution in [-0.2, 0) is 10.0 Å². The summed E-state index contributed by atoms with van der Waals surface area (Å²) >= 11 is 0. The molecule has 0 radical (unpaired) electrons. The number of anilines is 1. The van der Waals surface area contributed by atoms with E-state index in [2.05, 4.69) is 15.4 Å². The van der Waals surface area contributed by atoms with Crippen LogP contribution < -0.4 is 15.4 Å². The lowest BCUT2D eigenvalue weighted by Crippen LogP contribution is -2.45. The highest BCUT2D eigenvalue weighted by molar-refractivity contribution is 7.92. The van der Waals surface area contributed by atoms with E-state index in [1.165, 1.54) is 18.2 Å². The Morgan fingerprint density at radius 1 is 1.21 bits per heavy atom. The Balaban J connectivity index is 0.00000280. The molecule has 3 rings (SSSR count). The SMILES string of the molecule is Cc1ccc(S(=O)(=O)Nc2cccc(C(=O)N[C@H]3CCCNC3)c2)cc1F.Cl. The molecule has 9 heteroatoms. The lowest BCUT2D eigenvalue weighted by Gasteiger charge is -2.23. The van der Waals surface area contributed by atoms with E-state index in [9.17, 15) is 17.6 Å². The standard InChI is InChI=1S/C19H22FN3O3S.ClH/c1-13-7-8-17(11-18(13)20)27(25,26)23-15-5-2-4-14(10-15)19(24)22-16-6-3-9-21-12-16;/h2,4-5,7-8,10-11,16,21,23H,3,6,9,12H2,1H3,(H,22,24);1H/t16-;/m0./s1. The molecule has 1 aliphatic rings. The van der Waals surface area contributed by atoms with Crippen LogP contribution in [0.2, 0.25) is 0 Å². The lowest BCUT2D eigenvalue weighted by atomic mass is 10.1. The fourth-order valence-electron chi connectivity index (χ4n) is 2.92.